The number of rotatable bonds is 13. The van der Waals surface area contributed by atoms with Crippen LogP contribution in [0, 0.1) is 6.92 Å². The highest BCUT2D eigenvalue weighted by molar-refractivity contribution is 7.92. The smallest absolute Gasteiger partial charge is 0.264 e. The minimum Gasteiger partial charge on any atom is -0.493 e. The van der Waals surface area contributed by atoms with Crippen molar-refractivity contribution in [1.82, 2.24) is 10.2 Å². The second-order valence-corrected chi connectivity index (χ2v) is 14.7. The van der Waals surface area contributed by atoms with Crippen LogP contribution >= 0.6 is 11.6 Å². The largest absolute Gasteiger partial charge is 0.493 e. The van der Waals surface area contributed by atoms with Gasteiger partial charge in [0.1, 0.15) is 12.6 Å². The van der Waals surface area contributed by atoms with E-state index in [0.29, 0.717) is 16.3 Å². The Morgan fingerprint density at radius 3 is 2.08 bits per heavy atom. The molecule has 0 aliphatic carbocycles. The second kappa shape index (κ2) is 15.6. The van der Waals surface area contributed by atoms with Crippen molar-refractivity contribution in [2.75, 3.05) is 25.1 Å². The molecule has 0 heterocycles. The number of amides is 2. The molecule has 4 rings (SSSR count). The predicted molar refractivity (Wildman–Crippen MR) is 189 cm³/mol. The number of anilines is 1. The first kappa shape index (κ1) is 36.3. The van der Waals surface area contributed by atoms with E-state index in [1.807, 2.05) is 58.0 Å². The number of hydrogen-bond donors (Lipinski definition) is 1. The lowest BCUT2D eigenvalue weighted by atomic mass is 10.0. The van der Waals surface area contributed by atoms with Crippen LogP contribution in [0.3, 0.4) is 0 Å². The monoisotopic (exact) mass is 691 g/mol. The number of hydrogen-bond acceptors (Lipinski definition) is 6. The number of sulfonamides is 1. The van der Waals surface area contributed by atoms with Crippen molar-refractivity contribution in [3.63, 3.8) is 0 Å². The van der Waals surface area contributed by atoms with Crippen LogP contribution in [0.4, 0.5) is 5.69 Å². The number of halogens is 1. The second-order valence-electron chi connectivity index (χ2n) is 12.4. The molecule has 1 atom stereocenters. The highest BCUT2D eigenvalue weighted by Crippen LogP contribution is 2.34. The van der Waals surface area contributed by atoms with Gasteiger partial charge in [0, 0.05) is 29.6 Å². The predicted octanol–water partition coefficient (Wildman–Crippen LogP) is 6.42. The maximum absolute atomic E-state index is 14.7. The molecule has 4 aromatic carbocycles. The number of aryl methyl sites for hydroxylation is 1. The quantitative estimate of drug-likeness (QED) is 0.174. The van der Waals surface area contributed by atoms with Gasteiger partial charge in [0.2, 0.25) is 11.8 Å². The maximum Gasteiger partial charge on any atom is 0.264 e. The third kappa shape index (κ3) is 9.08. The Hall–Kier alpha value is -4.54. The summed E-state index contributed by atoms with van der Waals surface area (Å²) in [5.41, 5.74) is 1.88. The van der Waals surface area contributed by atoms with Crippen LogP contribution in [0.15, 0.2) is 102 Å². The summed E-state index contributed by atoms with van der Waals surface area (Å²) in [4.78, 5) is 30.1. The Kier molecular flexibility index (Phi) is 11.8. The number of methoxy groups -OCH3 is 2. The summed E-state index contributed by atoms with van der Waals surface area (Å²) in [6.07, 6.45) is 0.181. The molecular formula is C37H42ClN3O6S. The van der Waals surface area contributed by atoms with Crippen molar-refractivity contribution in [2.24, 2.45) is 0 Å². The SMILES string of the molecule is COc1ccc(N(CC(=O)N(Cc2ccccc2Cl)[C@@H](Cc2ccccc2)C(=O)NC(C)(C)C)S(=O)(=O)c2ccc(C)cc2)cc1OC. The number of nitrogens with one attached hydrogen (secondary N) is 1. The van der Waals surface area contributed by atoms with Gasteiger partial charge in [0.15, 0.2) is 11.5 Å². The molecule has 0 aliphatic rings. The van der Waals surface area contributed by atoms with E-state index in [-0.39, 0.29) is 35.2 Å². The first-order valence-electron chi connectivity index (χ1n) is 15.4. The minimum atomic E-state index is -4.30. The average Bonchev–Trinajstić information content (AvgIpc) is 3.05. The molecular weight excluding hydrogens is 650 g/mol. The fourth-order valence-electron chi connectivity index (χ4n) is 5.16. The van der Waals surface area contributed by atoms with E-state index < -0.39 is 34.1 Å². The fraction of sp³-hybridized carbons (Fsp3) is 0.297. The topological polar surface area (TPSA) is 105 Å². The molecule has 0 unspecified atom stereocenters. The van der Waals surface area contributed by atoms with Crippen LogP contribution in [0.2, 0.25) is 5.02 Å². The van der Waals surface area contributed by atoms with Gasteiger partial charge in [-0.15, -0.1) is 0 Å². The van der Waals surface area contributed by atoms with Crippen molar-refractivity contribution in [3.05, 3.63) is 119 Å². The molecule has 11 heteroatoms. The van der Waals surface area contributed by atoms with E-state index in [4.69, 9.17) is 21.1 Å². The molecule has 254 valence electrons. The third-order valence-electron chi connectivity index (χ3n) is 7.61. The lowest BCUT2D eigenvalue weighted by molar-refractivity contribution is -0.140. The number of benzene rings is 4. The van der Waals surface area contributed by atoms with Crippen molar-refractivity contribution in [3.8, 4) is 11.5 Å². The van der Waals surface area contributed by atoms with Gasteiger partial charge in [-0.3, -0.25) is 13.9 Å². The molecule has 0 bridgehead atoms. The van der Waals surface area contributed by atoms with Crippen molar-refractivity contribution in [1.29, 1.82) is 0 Å². The summed E-state index contributed by atoms with van der Waals surface area (Å²) < 4.78 is 40.6. The molecule has 0 aliphatic heterocycles. The molecule has 2 amide bonds. The van der Waals surface area contributed by atoms with E-state index in [9.17, 15) is 18.0 Å². The van der Waals surface area contributed by atoms with E-state index in [2.05, 4.69) is 5.32 Å². The van der Waals surface area contributed by atoms with E-state index in [0.717, 1.165) is 15.4 Å². The molecule has 0 saturated heterocycles. The van der Waals surface area contributed by atoms with Crippen molar-refractivity contribution >= 4 is 39.1 Å². The van der Waals surface area contributed by atoms with E-state index in [1.165, 1.54) is 37.3 Å². The van der Waals surface area contributed by atoms with Crippen LogP contribution in [0.5, 0.6) is 11.5 Å². The van der Waals surface area contributed by atoms with Crippen LogP contribution in [0.25, 0.3) is 0 Å². The van der Waals surface area contributed by atoms with Crippen LogP contribution in [0.1, 0.15) is 37.5 Å². The maximum atomic E-state index is 14.7. The number of ether oxygens (including phenoxy) is 2. The molecule has 0 saturated carbocycles. The molecule has 0 aromatic heterocycles. The highest BCUT2D eigenvalue weighted by atomic mass is 35.5. The molecule has 48 heavy (non-hydrogen) atoms. The van der Waals surface area contributed by atoms with Gasteiger partial charge in [-0.1, -0.05) is 77.8 Å². The van der Waals surface area contributed by atoms with Gasteiger partial charge in [-0.05, 0) is 69.2 Å². The third-order valence-corrected chi connectivity index (χ3v) is 9.77. The molecule has 0 radical (unpaired) electrons. The average molecular weight is 692 g/mol. The highest BCUT2D eigenvalue weighted by Gasteiger charge is 2.36. The van der Waals surface area contributed by atoms with Crippen LogP contribution in [-0.2, 0) is 32.6 Å². The van der Waals surface area contributed by atoms with Crippen LogP contribution < -0.4 is 19.1 Å². The van der Waals surface area contributed by atoms with Crippen LogP contribution in [-0.4, -0.2) is 57.5 Å². The van der Waals surface area contributed by atoms with Gasteiger partial charge in [-0.25, -0.2) is 8.42 Å². The summed E-state index contributed by atoms with van der Waals surface area (Å²) in [5, 5.41) is 3.43. The number of carbonyl (C=O) groups excluding carboxylic acids is 2. The lowest BCUT2D eigenvalue weighted by Crippen LogP contribution is -2.56. The molecule has 0 fully saturated rings. The Labute approximate surface area is 288 Å². The first-order valence-corrected chi connectivity index (χ1v) is 17.3. The first-order chi connectivity index (χ1) is 22.7. The molecule has 4 aromatic rings. The van der Waals surface area contributed by atoms with Gasteiger partial charge in [-0.2, -0.15) is 0 Å². The summed E-state index contributed by atoms with van der Waals surface area (Å²) in [6.45, 7) is 6.77. The molecule has 0 spiro atoms. The normalized spacial score (nSPS) is 12.1. The summed E-state index contributed by atoms with van der Waals surface area (Å²) in [7, 11) is -1.38. The fourth-order valence-corrected chi connectivity index (χ4v) is 6.76. The Balaban J connectivity index is 1.87. The summed E-state index contributed by atoms with van der Waals surface area (Å²) >= 11 is 6.58. The zero-order valence-corrected chi connectivity index (χ0v) is 29.6. The Morgan fingerprint density at radius 1 is 0.854 bits per heavy atom. The molecule has 9 nitrogen and oxygen atoms in total. The summed E-state index contributed by atoms with van der Waals surface area (Å²) in [5.74, 6) is -0.315. The Bertz CT molecular complexity index is 1830. The Morgan fingerprint density at radius 2 is 1.48 bits per heavy atom. The van der Waals surface area contributed by atoms with E-state index in [1.54, 1.807) is 48.5 Å². The van der Waals surface area contributed by atoms with Gasteiger partial charge in [0.05, 0.1) is 24.8 Å². The summed E-state index contributed by atoms with van der Waals surface area (Å²) in [6, 6.07) is 26.4. The minimum absolute atomic E-state index is 0.000324. The van der Waals surface area contributed by atoms with E-state index >= 15 is 0 Å². The van der Waals surface area contributed by atoms with Crippen molar-refractivity contribution in [2.45, 2.75) is 57.1 Å². The van der Waals surface area contributed by atoms with Gasteiger partial charge >= 0.3 is 0 Å². The van der Waals surface area contributed by atoms with Crippen molar-refractivity contribution < 1.29 is 27.5 Å². The zero-order chi connectivity index (χ0) is 35.1. The lowest BCUT2D eigenvalue weighted by Gasteiger charge is -2.35. The molecule has 1 N–H and O–H groups in total. The zero-order valence-electron chi connectivity index (χ0n) is 28.1. The number of nitrogens with zero attached hydrogens (tertiary/aromatic N) is 2. The van der Waals surface area contributed by atoms with Gasteiger partial charge in [0.25, 0.3) is 10.0 Å². The standard InChI is InChI=1S/C37H42ClN3O6S/c1-26-16-19-30(20-17-26)48(44,45)41(29-18-21-33(46-5)34(23-29)47-6)25-35(42)40(24-28-14-10-11-15-31(28)38)32(36(43)39-37(2,3)4)22-27-12-8-7-9-13-27/h7-21,23,32H,22,24-25H2,1-6H3,(H,39,43)/t32-/m0/s1. The number of carbonyl (C=O) groups is 2. The van der Waals surface area contributed by atoms with Gasteiger partial charge < -0.3 is 19.7 Å².